The van der Waals surface area contributed by atoms with Crippen LogP contribution in [0, 0.1) is 0 Å². The smallest absolute Gasteiger partial charge is 0.317 e. The van der Waals surface area contributed by atoms with Crippen LogP contribution in [0.3, 0.4) is 0 Å². The van der Waals surface area contributed by atoms with E-state index in [1.807, 2.05) is 24.0 Å². The van der Waals surface area contributed by atoms with Crippen LogP contribution >= 0.6 is 0 Å². The van der Waals surface area contributed by atoms with Gasteiger partial charge in [0, 0.05) is 19.6 Å². The van der Waals surface area contributed by atoms with E-state index in [2.05, 4.69) is 29.3 Å². The predicted octanol–water partition coefficient (Wildman–Crippen LogP) is 3.66. The molecule has 1 aromatic rings. The van der Waals surface area contributed by atoms with Crippen molar-refractivity contribution in [3.05, 3.63) is 29.8 Å². The molecule has 1 aromatic carbocycles. The standard InChI is InChI=1S/C20H33N3O2/c1-4-6-12-22(5-2)20(24)21-16-19(23-13-7-8-14-23)17-10-9-11-18(15-17)25-3/h9-11,15,19H,4-8,12-14,16H2,1-3H3,(H,21,24). The molecule has 140 valence electrons. The first kappa shape index (κ1) is 19.6. The Labute approximate surface area is 152 Å². The number of carbonyl (C=O) groups is 1. The van der Waals surface area contributed by atoms with Gasteiger partial charge in [-0.25, -0.2) is 4.79 Å². The molecule has 1 saturated heterocycles. The molecule has 1 heterocycles. The highest BCUT2D eigenvalue weighted by Gasteiger charge is 2.25. The van der Waals surface area contributed by atoms with Crippen LogP contribution in [0.1, 0.15) is 51.1 Å². The molecule has 1 aliphatic heterocycles. The van der Waals surface area contributed by atoms with E-state index in [4.69, 9.17) is 4.74 Å². The molecule has 25 heavy (non-hydrogen) atoms. The van der Waals surface area contributed by atoms with Gasteiger partial charge < -0.3 is 15.0 Å². The number of amides is 2. The highest BCUT2D eigenvalue weighted by Crippen LogP contribution is 2.27. The van der Waals surface area contributed by atoms with Gasteiger partial charge in [0.05, 0.1) is 13.2 Å². The summed E-state index contributed by atoms with van der Waals surface area (Å²) < 4.78 is 5.38. The Kier molecular flexibility index (Phi) is 8.06. The summed E-state index contributed by atoms with van der Waals surface area (Å²) in [7, 11) is 1.69. The van der Waals surface area contributed by atoms with Crippen LogP contribution in [0.15, 0.2) is 24.3 Å². The number of likely N-dealkylation sites (tertiary alicyclic amines) is 1. The van der Waals surface area contributed by atoms with Crippen molar-refractivity contribution in [3.63, 3.8) is 0 Å². The topological polar surface area (TPSA) is 44.8 Å². The summed E-state index contributed by atoms with van der Waals surface area (Å²) in [6, 6.07) is 8.45. The Morgan fingerprint density at radius 1 is 1.32 bits per heavy atom. The van der Waals surface area contributed by atoms with E-state index in [-0.39, 0.29) is 12.1 Å². The van der Waals surface area contributed by atoms with Crippen LogP contribution in [0.2, 0.25) is 0 Å². The second kappa shape index (κ2) is 10.3. The van der Waals surface area contributed by atoms with E-state index in [0.717, 1.165) is 44.8 Å². The second-order valence-corrected chi connectivity index (χ2v) is 6.65. The van der Waals surface area contributed by atoms with Gasteiger partial charge in [-0.3, -0.25) is 4.90 Å². The number of ether oxygens (including phenoxy) is 1. The van der Waals surface area contributed by atoms with E-state index >= 15 is 0 Å². The minimum absolute atomic E-state index is 0.0445. The number of rotatable bonds is 9. The lowest BCUT2D eigenvalue weighted by molar-refractivity contribution is 0.189. The predicted molar refractivity (Wildman–Crippen MR) is 102 cm³/mol. The SMILES string of the molecule is CCCCN(CC)C(=O)NCC(c1cccc(OC)c1)N1CCCC1. The summed E-state index contributed by atoms with van der Waals surface area (Å²) in [5, 5.41) is 3.16. The molecule has 1 unspecified atom stereocenters. The fourth-order valence-electron chi connectivity index (χ4n) is 3.41. The minimum Gasteiger partial charge on any atom is -0.497 e. The van der Waals surface area contributed by atoms with Crippen molar-refractivity contribution >= 4 is 6.03 Å². The van der Waals surface area contributed by atoms with Gasteiger partial charge in [-0.15, -0.1) is 0 Å². The normalized spacial score (nSPS) is 15.8. The summed E-state index contributed by atoms with van der Waals surface area (Å²) in [6.45, 7) is 8.57. The first-order chi connectivity index (χ1) is 12.2. The van der Waals surface area contributed by atoms with E-state index < -0.39 is 0 Å². The van der Waals surface area contributed by atoms with E-state index in [1.165, 1.54) is 18.4 Å². The molecule has 1 atom stereocenters. The van der Waals surface area contributed by atoms with Crippen molar-refractivity contribution in [3.8, 4) is 5.75 Å². The highest BCUT2D eigenvalue weighted by atomic mass is 16.5. The molecular weight excluding hydrogens is 314 g/mol. The third kappa shape index (κ3) is 5.63. The summed E-state index contributed by atoms with van der Waals surface area (Å²) in [5.74, 6) is 0.867. The molecule has 5 heteroatoms. The first-order valence-corrected chi connectivity index (χ1v) is 9.60. The lowest BCUT2D eigenvalue weighted by atomic mass is 10.1. The number of benzene rings is 1. The lowest BCUT2D eigenvalue weighted by Gasteiger charge is -2.30. The Bertz CT molecular complexity index is 529. The minimum atomic E-state index is 0.0445. The lowest BCUT2D eigenvalue weighted by Crippen LogP contribution is -2.44. The molecular formula is C20H33N3O2. The van der Waals surface area contributed by atoms with Crippen LogP contribution in [0.5, 0.6) is 5.75 Å². The monoisotopic (exact) mass is 347 g/mol. The second-order valence-electron chi connectivity index (χ2n) is 6.65. The maximum Gasteiger partial charge on any atom is 0.317 e. The van der Waals surface area contributed by atoms with Crippen LogP contribution in [0.4, 0.5) is 4.79 Å². The number of nitrogens with one attached hydrogen (secondary N) is 1. The molecule has 0 bridgehead atoms. The molecule has 1 aliphatic rings. The number of unbranched alkanes of at least 4 members (excludes halogenated alkanes) is 1. The van der Waals surface area contributed by atoms with Gasteiger partial charge in [0.25, 0.3) is 0 Å². The number of nitrogens with zero attached hydrogens (tertiary/aromatic N) is 2. The zero-order valence-corrected chi connectivity index (χ0v) is 16.0. The molecule has 2 rings (SSSR count). The fraction of sp³-hybridized carbons (Fsp3) is 0.650. The maximum absolute atomic E-state index is 12.5. The van der Waals surface area contributed by atoms with E-state index in [1.54, 1.807) is 7.11 Å². The molecule has 1 N–H and O–H groups in total. The Balaban J connectivity index is 2.04. The van der Waals surface area contributed by atoms with Gasteiger partial charge in [-0.1, -0.05) is 25.5 Å². The molecule has 0 radical (unpaired) electrons. The molecule has 2 amide bonds. The zero-order valence-electron chi connectivity index (χ0n) is 16.0. The summed E-state index contributed by atoms with van der Waals surface area (Å²) >= 11 is 0. The number of hydrogen-bond acceptors (Lipinski definition) is 3. The Hall–Kier alpha value is -1.75. The molecule has 5 nitrogen and oxygen atoms in total. The van der Waals surface area contributed by atoms with Crippen molar-refractivity contribution in [2.45, 2.75) is 45.6 Å². The quantitative estimate of drug-likeness (QED) is 0.741. The average molecular weight is 348 g/mol. The average Bonchev–Trinajstić information content (AvgIpc) is 3.17. The van der Waals surface area contributed by atoms with Crippen LogP contribution in [-0.2, 0) is 0 Å². The van der Waals surface area contributed by atoms with Crippen LogP contribution in [-0.4, -0.2) is 55.7 Å². The van der Waals surface area contributed by atoms with Gasteiger partial charge in [-0.05, 0) is 57.0 Å². The molecule has 0 saturated carbocycles. The van der Waals surface area contributed by atoms with Gasteiger partial charge in [-0.2, -0.15) is 0 Å². The van der Waals surface area contributed by atoms with Crippen molar-refractivity contribution in [2.24, 2.45) is 0 Å². The number of urea groups is 1. The molecule has 1 fully saturated rings. The third-order valence-electron chi connectivity index (χ3n) is 4.96. The summed E-state index contributed by atoms with van der Waals surface area (Å²) in [4.78, 5) is 16.9. The van der Waals surface area contributed by atoms with Crippen molar-refractivity contribution in [2.75, 3.05) is 39.8 Å². The summed E-state index contributed by atoms with van der Waals surface area (Å²) in [5.41, 5.74) is 1.21. The van der Waals surface area contributed by atoms with Crippen molar-refractivity contribution in [1.29, 1.82) is 0 Å². The molecule has 0 aliphatic carbocycles. The fourth-order valence-corrected chi connectivity index (χ4v) is 3.41. The van der Waals surface area contributed by atoms with Gasteiger partial charge in [0.2, 0.25) is 0 Å². The highest BCUT2D eigenvalue weighted by molar-refractivity contribution is 5.74. The van der Waals surface area contributed by atoms with Crippen LogP contribution < -0.4 is 10.1 Å². The van der Waals surface area contributed by atoms with Gasteiger partial charge in [0.1, 0.15) is 5.75 Å². The van der Waals surface area contributed by atoms with E-state index in [0.29, 0.717) is 6.54 Å². The van der Waals surface area contributed by atoms with Gasteiger partial charge in [0.15, 0.2) is 0 Å². The first-order valence-electron chi connectivity index (χ1n) is 9.60. The maximum atomic E-state index is 12.5. The zero-order chi connectivity index (χ0) is 18.1. The number of hydrogen-bond donors (Lipinski definition) is 1. The Morgan fingerprint density at radius 3 is 2.72 bits per heavy atom. The van der Waals surface area contributed by atoms with Crippen molar-refractivity contribution in [1.82, 2.24) is 15.1 Å². The number of carbonyl (C=O) groups excluding carboxylic acids is 1. The molecule has 0 aromatic heterocycles. The Morgan fingerprint density at radius 2 is 2.08 bits per heavy atom. The summed E-state index contributed by atoms with van der Waals surface area (Å²) in [6.07, 6.45) is 4.61. The van der Waals surface area contributed by atoms with Crippen molar-refractivity contribution < 1.29 is 9.53 Å². The third-order valence-corrected chi connectivity index (χ3v) is 4.96. The largest absolute Gasteiger partial charge is 0.497 e. The molecule has 0 spiro atoms. The van der Waals surface area contributed by atoms with E-state index in [9.17, 15) is 4.79 Å². The van der Waals surface area contributed by atoms with Crippen LogP contribution in [0.25, 0.3) is 0 Å². The number of methoxy groups -OCH3 is 1. The van der Waals surface area contributed by atoms with Gasteiger partial charge >= 0.3 is 6.03 Å².